The van der Waals surface area contributed by atoms with Crippen LogP contribution in [0.1, 0.15) is 12.0 Å². The second kappa shape index (κ2) is 4.99. The average Bonchev–Trinajstić information content (AvgIpc) is 2.16. The lowest BCUT2D eigenvalue weighted by atomic mass is 10.1. The Morgan fingerprint density at radius 2 is 2.00 bits per heavy atom. The average molecular weight is 179 g/mol. The molecule has 1 aromatic rings. The van der Waals surface area contributed by atoms with Gasteiger partial charge in [0.25, 0.3) is 0 Å². The first kappa shape index (κ1) is 9.33. The van der Waals surface area contributed by atoms with Gasteiger partial charge in [0.1, 0.15) is 5.78 Å². The molecular formula is C10H11OS. The van der Waals surface area contributed by atoms with Crippen molar-refractivity contribution >= 4 is 18.4 Å². The molecule has 0 aliphatic carbocycles. The molecule has 0 aliphatic heterocycles. The Labute approximate surface area is 78.2 Å². The fraction of sp³-hybridized carbons (Fsp3) is 0.200. The topological polar surface area (TPSA) is 17.1 Å². The highest BCUT2D eigenvalue weighted by atomic mass is 32.1. The number of hydrogen-bond donors (Lipinski definition) is 1. The Morgan fingerprint density at radius 1 is 1.33 bits per heavy atom. The van der Waals surface area contributed by atoms with Crippen LogP contribution in [0.25, 0.3) is 0 Å². The summed E-state index contributed by atoms with van der Waals surface area (Å²) in [4.78, 5) is 10.9. The van der Waals surface area contributed by atoms with Gasteiger partial charge in [-0.3, -0.25) is 4.79 Å². The largest absolute Gasteiger partial charge is 0.298 e. The summed E-state index contributed by atoms with van der Waals surface area (Å²) in [6.07, 6.45) is 1.35. The molecule has 1 nitrogen and oxygen atoms in total. The predicted octanol–water partition coefficient (Wildman–Crippen LogP) is 2.28. The molecule has 0 heterocycles. The molecule has 0 saturated carbocycles. The Hall–Kier alpha value is -0.760. The van der Waals surface area contributed by atoms with Crippen LogP contribution in [0, 0.1) is 5.75 Å². The van der Waals surface area contributed by atoms with Gasteiger partial charge in [-0.2, -0.15) is 12.6 Å². The number of rotatable bonds is 4. The van der Waals surface area contributed by atoms with Gasteiger partial charge in [-0.05, 0) is 12.0 Å². The molecule has 0 saturated heterocycles. The molecule has 1 radical (unpaired) electrons. The Morgan fingerprint density at radius 3 is 2.58 bits per heavy atom. The fourth-order valence-electron chi connectivity index (χ4n) is 0.977. The van der Waals surface area contributed by atoms with E-state index in [0.29, 0.717) is 6.42 Å². The minimum atomic E-state index is 0.0854. The zero-order valence-electron chi connectivity index (χ0n) is 6.73. The summed E-state index contributed by atoms with van der Waals surface area (Å²) in [7, 11) is 0. The van der Waals surface area contributed by atoms with E-state index in [1.165, 1.54) is 11.3 Å². The van der Waals surface area contributed by atoms with Crippen LogP contribution >= 0.6 is 12.6 Å². The third-order valence-corrected chi connectivity index (χ3v) is 1.93. The van der Waals surface area contributed by atoms with Crippen LogP contribution in [-0.4, -0.2) is 5.78 Å². The van der Waals surface area contributed by atoms with Gasteiger partial charge >= 0.3 is 0 Å². The first-order valence-electron chi connectivity index (χ1n) is 3.87. The number of carbonyl (C=O) groups is 1. The summed E-state index contributed by atoms with van der Waals surface area (Å²) in [6, 6.07) is 9.96. The van der Waals surface area contributed by atoms with Crippen molar-refractivity contribution in [2.75, 3.05) is 0 Å². The van der Waals surface area contributed by atoms with E-state index < -0.39 is 0 Å². The molecule has 63 valence electrons. The summed E-state index contributed by atoms with van der Waals surface area (Å²) >= 11 is 3.79. The number of thiol groups is 1. The molecular weight excluding hydrogens is 168 g/mol. The quantitative estimate of drug-likeness (QED) is 0.702. The second-order valence-electron chi connectivity index (χ2n) is 2.58. The maximum Gasteiger partial charge on any atom is 0.147 e. The molecule has 1 rings (SSSR count). The lowest BCUT2D eigenvalue weighted by Gasteiger charge is -1.97. The molecule has 0 aliphatic rings. The Bertz CT molecular complexity index is 243. The smallest absolute Gasteiger partial charge is 0.147 e. The lowest BCUT2D eigenvalue weighted by Crippen LogP contribution is -1.96. The number of ketones is 1. The molecule has 0 fully saturated rings. The van der Waals surface area contributed by atoms with E-state index in [-0.39, 0.29) is 5.78 Å². The van der Waals surface area contributed by atoms with Gasteiger partial charge in [-0.25, -0.2) is 0 Å². The van der Waals surface area contributed by atoms with Crippen molar-refractivity contribution in [1.82, 2.24) is 0 Å². The molecule has 0 bridgehead atoms. The number of aryl methyl sites for hydroxylation is 1. The lowest BCUT2D eigenvalue weighted by molar-refractivity contribution is -0.115. The highest BCUT2D eigenvalue weighted by Crippen LogP contribution is 2.04. The van der Waals surface area contributed by atoms with E-state index in [1.807, 2.05) is 30.3 Å². The summed E-state index contributed by atoms with van der Waals surface area (Å²) in [5.74, 6) is 1.41. The number of hydrogen-bond acceptors (Lipinski definition) is 2. The van der Waals surface area contributed by atoms with Crippen LogP contribution in [0.2, 0.25) is 0 Å². The third-order valence-electron chi connectivity index (χ3n) is 1.65. The van der Waals surface area contributed by atoms with Crippen LogP contribution in [-0.2, 0) is 11.2 Å². The summed E-state index contributed by atoms with van der Waals surface area (Å²) in [6.45, 7) is 0. The zero-order valence-corrected chi connectivity index (χ0v) is 7.63. The molecule has 0 N–H and O–H groups in total. The Balaban J connectivity index is 2.38. The summed E-state index contributed by atoms with van der Waals surface area (Å²) < 4.78 is 0. The van der Waals surface area contributed by atoms with Gasteiger partial charge in [0, 0.05) is 6.42 Å². The van der Waals surface area contributed by atoms with E-state index >= 15 is 0 Å². The maximum atomic E-state index is 10.9. The third kappa shape index (κ3) is 3.09. The van der Waals surface area contributed by atoms with Gasteiger partial charge in [0.2, 0.25) is 0 Å². The zero-order chi connectivity index (χ0) is 8.81. The molecule has 0 amide bonds. The molecule has 0 unspecified atom stereocenters. The standard InChI is InChI=1S/C10H11OS/c11-10(8-12)7-6-9-4-2-1-3-5-9/h1-5,8,12H,6-7H2. The predicted molar refractivity (Wildman–Crippen MR) is 53.1 cm³/mol. The number of Topliss-reactive ketones (excluding diaryl/α,β-unsaturated/α-hetero) is 1. The molecule has 1 aromatic carbocycles. The second-order valence-corrected chi connectivity index (χ2v) is 2.84. The van der Waals surface area contributed by atoms with Gasteiger partial charge in [0.15, 0.2) is 0 Å². The summed E-state index contributed by atoms with van der Waals surface area (Å²) in [5, 5.41) is 0. The van der Waals surface area contributed by atoms with Crippen LogP contribution in [0.5, 0.6) is 0 Å². The summed E-state index contributed by atoms with van der Waals surface area (Å²) in [5.41, 5.74) is 1.20. The first-order chi connectivity index (χ1) is 5.83. The fourth-order valence-corrected chi connectivity index (χ4v) is 1.11. The Kier molecular flexibility index (Phi) is 3.88. The van der Waals surface area contributed by atoms with Crippen LogP contribution in [0.15, 0.2) is 30.3 Å². The van der Waals surface area contributed by atoms with E-state index in [9.17, 15) is 4.79 Å². The number of carbonyl (C=O) groups excluding carboxylic acids is 1. The first-order valence-corrected chi connectivity index (χ1v) is 4.39. The van der Waals surface area contributed by atoms with E-state index in [1.54, 1.807) is 0 Å². The van der Waals surface area contributed by atoms with Crippen molar-refractivity contribution in [1.29, 1.82) is 0 Å². The molecule has 12 heavy (non-hydrogen) atoms. The van der Waals surface area contributed by atoms with Gasteiger partial charge < -0.3 is 0 Å². The van der Waals surface area contributed by atoms with E-state index in [4.69, 9.17) is 0 Å². The van der Waals surface area contributed by atoms with Crippen LogP contribution < -0.4 is 0 Å². The van der Waals surface area contributed by atoms with Gasteiger partial charge in [-0.1, -0.05) is 30.3 Å². The SMILES string of the molecule is O=C([CH]S)CCc1ccccc1. The van der Waals surface area contributed by atoms with E-state index in [2.05, 4.69) is 12.6 Å². The van der Waals surface area contributed by atoms with Gasteiger partial charge in [0.05, 0.1) is 5.75 Å². The van der Waals surface area contributed by atoms with E-state index in [0.717, 1.165) is 6.42 Å². The van der Waals surface area contributed by atoms with Crippen molar-refractivity contribution in [2.45, 2.75) is 12.8 Å². The maximum absolute atomic E-state index is 10.9. The highest BCUT2D eigenvalue weighted by molar-refractivity contribution is 7.83. The van der Waals surface area contributed by atoms with Crippen molar-refractivity contribution in [3.63, 3.8) is 0 Å². The van der Waals surface area contributed by atoms with Crippen LogP contribution in [0.4, 0.5) is 0 Å². The van der Waals surface area contributed by atoms with Gasteiger partial charge in [-0.15, -0.1) is 0 Å². The molecule has 0 aromatic heterocycles. The van der Waals surface area contributed by atoms with Crippen molar-refractivity contribution in [3.05, 3.63) is 41.6 Å². The molecule has 0 spiro atoms. The number of benzene rings is 1. The van der Waals surface area contributed by atoms with Crippen molar-refractivity contribution in [3.8, 4) is 0 Å². The van der Waals surface area contributed by atoms with Crippen molar-refractivity contribution in [2.24, 2.45) is 0 Å². The molecule has 0 atom stereocenters. The minimum absolute atomic E-state index is 0.0854. The highest BCUT2D eigenvalue weighted by Gasteiger charge is 1.98. The van der Waals surface area contributed by atoms with Crippen molar-refractivity contribution < 1.29 is 4.79 Å². The minimum Gasteiger partial charge on any atom is -0.298 e. The monoisotopic (exact) mass is 179 g/mol. The normalized spacial score (nSPS) is 9.75. The molecule has 2 heteroatoms. The van der Waals surface area contributed by atoms with Crippen LogP contribution in [0.3, 0.4) is 0 Å².